The average Bonchev–Trinajstić information content (AvgIpc) is 2.15. The van der Waals surface area contributed by atoms with Crippen LogP contribution in [0, 0.1) is 10.1 Å². The van der Waals surface area contributed by atoms with Crippen LogP contribution >= 0.6 is 31.9 Å². The Morgan fingerprint density at radius 1 is 1.38 bits per heavy atom. The number of benzene rings is 1. The van der Waals surface area contributed by atoms with Crippen molar-refractivity contribution in [3.8, 4) is 0 Å². The van der Waals surface area contributed by atoms with Gasteiger partial charge in [-0.3, -0.25) is 10.1 Å². The molecule has 0 amide bonds. The van der Waals surface area contributed by atoms with E-state index < -0.39 is 20.6 Å². The molecule has 0 fully saturated rings. The Kier molecular flexibility index (Phi) is 4.05. The predicted octanol–water partition coefficient (Wildman–Crippen LogP) is 2.03. The van der Waals surface area contributed by atoms with E-state index in [1.165, 1.54) is 13.1 Å². The first-order chi connectivity index (χ1) is 7.29. The van der Waals surface area contributed by atoms with E-state index in [4.69, 9.17) is 0 Å². The van der Waals surface area contributed by atoms with Gasteiger partial charge in [0, 0.05) is 15.0 Å². The van der Waals surface area contributed by atoms with E-state index >= 15 is 0 Å². The van der Waals surface area contributed by atoms with Gasteiger partial charge in [-0.25, -0.2) is 13.1 Å². The van der Waals surface area contributed by atoms with Crippen LogP contribution in [-0.2, 0) is 10.0 Å². The molecule has 88 valence electrons. The highest BCUT2D eigenvalue weighted by atomic mass is 79.9. The molecule has 0 heterocycles. The Morgan fingerprint density at radius 2 is 1.94 bits per heavy atom. The molecule has 0 unspecified atom stereocenters. The molecule has 0 radical (unpaired) electrons. The van der Waals surface area contributed by atoms with Crippen LogP contribution in [0.2, 0.25) is 0 Å². The van der Waals surface area contributed by atoms with Crippen LogP contribution in [0.3, 0.4) is 0 Å². The molecule has 9 heteroatoms. The molecule has 1 N–H and O–H groups in total. The second-order valence-corrected chi connectivity index (χ2v) is 6.29. The fourth-order valence-corrected chi connectivity index (χ4v) is 3.82. The summed E-state index contributed by atoms with van der Waals surface area (Å²) < 4.78 is 25.8. The molecule has 0 bridgehead atoms. The molecular formula is C7H6Br2N2O4S. The summed E-state index contributed by atoms with van der Waals surface area (Å²) in [6.45, 7) is 0. The van der Waals surface area contributed by atoms with Crippen molar-refractivity contribution in [3.05, 3.63) is 31.2 Å². The van der Waals surface area contributed by atoms with Gasteiger partial charge < -0.3 is 0 Å². The van der Waals surface area contributed by atoms with Gasteiger partial charge in [0.2, 0.25) is 10.0 Å². The highest BCUT2D eigenvalue weighted by Gasteiger charge is 2.28. The van der Waals surface area contributed by atoms with Crippen molar-refractivity contribution in [2.75, 3.05) is 7.05 Å². The minimum absolute atomic E-state index is 0.128. The minimum atomic E-state index is -3.88. The molecule has 0 saturated heterocycles. The highest BCUT2D eigenvalue weighted by molar-refractivity contribution is 9.11. The second-order valence-electron chi connectivity index (χ2n) is 2.70. The fourth-order valence-electron chi connectivity index (χ4n) is 1.05. The molecule has 0 spiro atoms. The second kappa shape index (κ2) is 4.78. The van der Waals surface area contributed by atoms with Gasteiger partial charge in [-0.2, -0.15) is 0 Å². The van der Waals surface area contributed by atoms with Crippen molar-refractivity contribution in [1.82, 2.24) is 4.72 Å². The summed E-state index contributed by atoms with van der Waals surface area (Å²) in [5, 5.41) is 10.8. The van der Waals surface area contributed by atoms with Gasteiger partial charge in [0.25, 0.3) is 5.69 Å². The van der Waals surface area contributed by atoms with E-state index in [0.29, 0.717) is 4.47 Å². The number of sulfonamides is 1. The lowest BCUT2D eigenvalue weighted by Gasteiger charge is -2.06. The summed E-state index contributed by atoms with van der Waals surface area (Å²) in [6.07, 6.45) is 0. The minimum Gasteiger partial charge on any atom is -0.258 e. The molecule has 1 aromatic carbocycles. The topological polar surface area (TPSA) is 89.3 Å². The van der Waals surface area contributed by atoms with Crippen LogP contribution in [0.25, 0.3) is 0 Å². The molecule has 0 atom stereocenters. The lowest BCUT2D eigenvalue weighted by atomic mass is 10.3. The molecule has 0 aliphatic carbocycles. The van der Waals surface area contributed by atoms with Crippen molar-refractivity contribution in [2.24, 2.45) is 0 Å². The number of nitrogens with zero attached hydrogens (tertiary/aromatic N) is 1. The molecule has 1 rings (SSSR count). The Bertz CT molecular complexity index is 544. The van der Waals surface area contributed by atoms with Crippen LogP contribution < -0.4 is 4.72 Å². The van der Waals surface area contributed by atoms with E-state index in [9.17, 15) is 18.5 Å². The van der Waals surface area contributed by atoms with Crippen LogP contribution in [0.4, 0.5) is 5.69 Å². The smallest absolute Gasteiger partial charge is 0.258 e. The molecule has 0 aliphatic rings. The highest BCUT2D eigenvalue weighted by Crippen LogP contribution is 2.34. The Labute approximate surface area is 108 Å². The molecule has 1 aromatic rings. The number of hydrogen-bond acceptors (Lipinski definition) is 4. The molecular weight excluding hydrogens is 368 g/mol. The summed E-state index contributed by atoms with van der Waals surface area (Å²) >= 11 is 6.04. The van der Waals surface area contributed by atoms with Gasteiger partial charge >= 0.3 is 0 Å². The van der Waals surface area contributed by atoms with Gasteiger partial charge in [0.1, 0.15) is 0 Å². The largest absolute Gasteiger partial charge is 0.291 e. The third kappa shape index (κ3) is 2.59. The maximum absolute atomic E-state index is 11.6. The summed E-state index contributed by atoms with van der Waals surface area (Å²) in [4.78, 5) is 9.62. The molecule has 16 heavy (non-hydrogen) atoms. The van der Waals surface area contributed by atoms with Gasteiger partial charge in [0.15, 0.2) is 4.90 Å². The van der Waals surface area contributed by atoms with Gasteiger partial charge in [-0.15, -0.1) is 0 Å². The van der Waals surface area contributed by atoms with Crippen molar-refractivity contribution in [1.29, 1.82) is 0 Å². The van der Waals surface area contributed by atoms with Crippen molar-refractivity contribution in [2.45, 2.75) is 4.90 Å². The lowest BCUT2D eigenvalue weighted by molar-refractivity contribution is -0.388. The normalized spacial score (nSPS) is 11.4. The molecule has 0 aliphatic heterocycles. The fraction of sp³-hybridized carbons (Fsp3) is 0.143. The summed E-state index contributed by atoms with van der Waals surface area (Å²) in [5.74, 6) is 0. The SMILES string of the molecule is CNS(=O)(=O)c1c(Br)cc(Br)cc1[N+](=O)[O-]. The van der Waals surface area contributed by atoms with E-state index in [0.717, 1.165) is 6.07 Å². The number of hydrogen-bond donors (Lipinski definition) is 1. The first-order valence-corrected chi connectivity index (χ1v) is 6.93. The van der Waals surface area contributed by atoms with Gasteiger partial charge in [0.05, 0.1) is 4.92 Å². The summed E-state index contributed by atoms with van der Waals surface area (Å²) in [7, 11) is -2.69. The monoisotopic (exact) mass is 372 g/mol. The van der Waals surface area contributed by atoms with E-state index in [1.54, 1.807) is 0 Å². The van der Waals surface area contributed by atoms with Crippen LogP contribution in [-0.4, -0.2) is 20.4 Å². The van der Waals surface area contributed by atoms with Crippen LogP contribution in [0.15, 0.2) is 26.0 Å². The Balaban J connectivity index is 3.67. The van der Waals surface area contributed by atoms with Crippen molar-refractivity contribution >= 4 is 47.6 Å². The summed E-state index contributed by atoms with van der Waals surface area (Å²) in [5.41, 5.74) is -0.490. The third-order valence-corrected chi connectivity index (χ3v) is 4.57. The number of nitrogens with one attached hydrogen (secondary N) is 1. The average molecular weight is 374 g/mol. The van der Waals surface area contributed by atoms with Crippen molar-refractivity contribution in [3.63, 3.8) is 0 Å². The molecule has 0 aromatic heterocycles. The maximum atomic E-state index is 11.6. The van der Waals surface area contributed by atoms with Crippen LogP contribution in [0.5, 0.6) is 0 Å². The Morgan fingerprint density at radius 3 is 2.38 bits per heavy atom. The first kappa shape index (κ1) is 13.6. The van der Waals surface area contributed by atoms with Crippen molar-refractivity contribution < 1.29 is 13.3 Å². The van der Waals surface area contributed by atoms with E-state index in [-0.39, 0.29) is 9.37 Å². The zero-order valence-corrected chi connectivity index (χ0v) is 11.9. The maximum Gasteiger partial charge on any atom is 0.291 e. The van der Waals surface area contributed by atoms with Gasteiger partial charge in [-0.1, -0.05) is 15.9 Å². The standard InChI is InChI=1S/C7H6Br2N2O4S/c1-10-16(14,15)7-5(9)2-4(8)3-6(7)11(12)13/h2-3,10H,1H3. The number of rotatable bonds is 3. The van der Waals surface area contributed by atoms with Crippen LogP contribution in [0.1, 0.15) is 0 Å². The molecule has 0 saturated carbocycles. The van der Waals surface area contributed by atoms with E-state index in [1.807, 2.05) is 4.72 Å². The quantitative estimate of drug-likeness (QED) is 0.648. The zero-order chi connectivity index (χ0) is 12.5. The Hall–Kier alpha value is -0.510. The predicted molar refractivity (Wildman–Crippen MR) is 64.7 cm³/mol. The third-order valence-electron chi connectivity index (χ3n) is 1.72. The first-order valence-electron chi connectivity index (χ1n) is 3.86. The summed E-state index contributed by atoms with van der Waals surface area (Å²) in [6, 6.07) is 2.56. The van der Waals surface area contributed by atoms with Gasteiger partial charge in [-0.05, 0) is 29.0 Å². The number of nitro groups is 1. The van der Waals surface area contributed by atoms with E-state index in [2.05, 4.69) is 31.9 Å². The lowest BCUT2D eigenvalue weighted by Crippen LogP contribution is -2.20. The molecule has 6 nitrogen and oxygen atoms in total. The number of nitro benzene ring substituents is 1. The number of halogens is 2. The zero-order valence-electron chi connectivity index (χ0n) is 7.90.